The third kappa shape index (κ3) is 4.36. The van der Waals surface area contributed by atoms with E-state index in [0.717, 1.165) is 5.56 Å². The number of ether oxygens (including phenoxy) is 1. The van der Waals surface area contributed by atoms with Gasteiger partial charge in [0.15, 0.2) is 6.61 Å². The van der Waals surface area contributed by atoms with Crippen LogP contribution >= 0.6 is 11.6 Å². The van der Waals surface area contributed by atoms with Crippen LogP contribution in [0.15, 0.2) is 18.2 Å². The second kappa shape index (κ2) is 6.80. The molecule has 1 aromatic carbocycles. The normalized spacial score (nSPS) is 21.0. The summed E-state index contributed by atoms with van der Waals surface area (Å²) < 4.78 is 5.40. The van der Waals surface area contributed by atoms with Crippen LogP contribution in [0.25, 0.3) is 0 Å². The average Bonchev–Trinajstić information content (AvgIpc) is 2.89. The number of carbonyl (C=O) groups excluding carboxylic acids is 1. The number of aryl methyl sites for hydroxylation is 1. The summed E-state index contributed by atoms with van der Waals surface area (Å²) in [5.74, 6) is -0.796. The molecule has 0 heterocycles. The first-order chi connectivity index (χ1) is 9.95. The maximum atomic E-state index is 11.8. The number of rotatable bonds is 5. The molecule has 1 aliphatic rings. The molecular weight excluding hydrogens is 294 g/mol. The molecule has 6 heteroatoms. The fraction of sp³-hybridized carbons (Fsp3) is 0.467. The van der Waals surface area contributed by atoms with Gasteiger partial charge in [-0.25, -0.2) is 0 Å². The molecule has 1 amide bonds. The zero-order valence-electron chi connectivity index (χ0n) is 11.8. The second-order valence-electron chi connectivity index (χ2n) is 5.31. The monoisotopic (exact) mass is 311 g/mol. The number of carboxylic acid groups (broad SMARTS) is 1. The third-order valence-corrected chi connectivity index (χ3v) is 4.07. The molecule has 114 valence electrons. The van der Waals surface area contributed by atoms with Gasteiger partial charge in [0, 0.05) is 11.1 Å². The van der Waals surface area contributed by atoms with Gasteiger partial charge in [0.25, 0.3) is 5.91 Å². The summed E-state index contributed by atoms with van der Waals surface area (Å²) in [5, 5.41) is 12.4. The molecule has 1 aliphatic carbocycles. The third-order valence-electron chi connectivity index (χ3n) is 3.65. The van der Waals surface area contributed by atoms with E-state index in [1.807, 2.05) is 6.92 Å². The first kappa shape index (κ1) is 15.6. The van der Waals surface area contributed by atoms with Crippen LogP contribution in [0.2, 0.25) is 5.02 Å². The van der Waals surface area contributed by atoms with Crippen LogP contribution in [0.4, 0.5) is 0 Å². The summed E-state index contributed by atoms with van der Waals surface area (Å²) in [6.07, 6.45) is 1.79. The number of halogens is 1. The highest BCUT2D eigenvalue weighted by Gasteiger charge is 2.30. The SMILES string of the molecule is Cc1cc(OCC(=O)N[C@H]2CC[C@@H](C(=O)O)C2)ccc1Cl. The molecule has 1 saturated carbocycles. The Balaban J connectivity index is 1.77. The van der Waals surface area contributed by atoms with Gasteiger partial charge in [0.05, 0.1) is 5.92 Å². The summed E-state index contributed by atoms with van der Waals surface area (Å²) in [5.41, 5.74) is 0.884. The van der Waals surface area contributed by atoms with Crippen molar-refractivity contribution in [1.29, 1.82) is 0 Å². The Labute approximate surface area is 128 Å². The molecule has 0 radical (unpaired) electrons. The predicted octanol–water partition coefficient (Wildman–Crippen LogP) is 2.40. The highest BCUT2D eigenvalue weighted by atomic mass is 35.5. The Hall–Kier alpha value is -1.75. The van der Waals surface area contributed by atoms with Gasteiger partial charge in [0.1, 0.15) is 5.75 Å². The van der Waals surface area contributed by atoms with Crippen LogP contribution in [0.3, 0.4) is 0 Å². The second-order valence-corrected chi connectivity index (χ2v) is 5.72. The van der Waals surface area contributed by atoms with Crippen LogP contribution < -0.4 is 10.1 Å². The van der Waals surface area contributed by atoms with E-state index in [0.29, 0.717) is 30.0 Å². The van der Waals surface area contributed by atoms with Gasteiger partial charge < -0.3 is 15.2 Å². The van der Waals surface area contributed by atoms with Gasteiger partial charge in [-0.3, -0.25) is 9.59 Å². The maximum absolute atomic E-state index is 11.8. The van der Waals surface area contributed by atoms with Gasteiger partial charge in [-0.1, -0.05) is 11.6 Å². The smallest absolute Gasteiger partial charge is 0.306 e. The Morgan fingerprint density at radius 2 is 2.19 bits per heavy atom. The number of nitrogens with one attached hydrogen (secondary N) is 1. The summed E-state index contributed by atoms with van der Waals surface area (Å²) in [4.78, 5) is 22.6. The Bertz CT molecular complexity index is 546. The minimum atomic E-state index is -0.792. The molecule has 2 N–H and O–H groups in total. The number of carboxylic acids is 1. The minimum Gasteiger partial charge on any atom is -0.484 e. The molecule has 1 fully saturated rings. The molecule has 0 aliphatic heterocycles. The van der Waals surface area contributed by atoms with E-state index in [1.165, 1.54) is 0 Å². The van der Waals surface area contributed by atoms with E-state index in [-0.39, 0.29) is 24.5 Å². The maximum Gasteiger partial charge on any atom is 0.306 e. The molecule has 1 aromatic rings. The highest BCUT2D eigenvalue weighted by molar-refractivity contribution is 6.31. The van der Waals surface area contributed by atoms with Crippen molar-refractivity contribution < 1.29 is 19.4 Å². The average molecular weight is 312 g/mol. The summed E-state index contributed by atoms with van der Waals surface area (Å²) in [6.45, 7) is 1.77. The van der Waals surface area contributed by atoms with E-state index in [9.17, 15) is 9.59 Å². The largest absolute Gasteiger partial charge is 0.484 e. The number of amides is 1. The van der Waals surface area contributed by atoms with Crippen molar-refractivity contribution in [3.63, 3.8) is 0 Å². The van der Waals surface area contributed by atoms with Crippen LogP contribution in [0.1, 0.15) is 24.8 Å². The topological polar surface area (TPSA) is 75.6 Å². The molecular formula is C15H18ClNO4. The quantitative estimate of drug-likeness (QED) is 0.875. The lowest BCUT2D eigenvalue weighted by Gasteiger charge is -2.13. The lowest BCUT2D eigenvalue weighted by atomic mass is 10.1. The van der Waals surface area contributed by atoms with Crippen molar-refractivity contribution in [2.75, 3.05) is 6.61 Å². The highest BCUT2D eigenvalue weighted by Crippen LogP contribution is 2.25. The molecule has 5 nitrogen and oxygen atoms in total. The zero-order chi connectivity index (χ0) is 15.4. The lowest BCUT2D eigenvalue weighted by Crippen LogP contribution is -2.36. The van der Waals surface area contributed by atoms with Crippen molar-refractivity contribution in [3.8, 4) is 5.75 Å². The first-order valence-electron chi connectivity index (χ1n) is 6.87. The summed E-state index contributed by atoms with van der Waals surface area (Å²) >= 11 is 5.91. The van der Waals surface area contributed by atoms with Crippen molar-refractivity contribution in [2.45, 2.75) is 32.2 Å². The number of aliphatic carboxylic acids is 1. The summed E-state index contributed by atoms with van der Waals surface area (Å²) in [7, 11) is 0. The van der Waals surface area contributed by atoms with Crippen LogP contribution in [-0.2, 0) is 9.59 Å². The van der Waals surface area contributed by atoms with Crippen molar-refractivity contribution >= 4 is 23.5 Å². The number of carbonyl (C=O) groups is 2. The first-order valence-corrected chi connectivity index (χ1v) is 7.24. The van der Waals surface area contributed by atoms with Crippen molar-refractivity contribution in [1.82, 2.24) is 5.32 Å². The number of hydrogen-bond donors (Lipinski definition) is 2. The van der Waals surface area contributed by atoms with E-state index < -0.39 is 5.97 Å². The predicted molar refractivity (Wildman–Crippen MR) is 78.6 cm³/mol. The zero-order valence-corrected chi connectivity index (χ0v) is 12.5. The van der Waals surface area contributed by atoms with E-state index in [1.54, 1.807) is 18.2 Å². The van der Waals surface area contributed by atoms with E-state index in [4.69, 9.17) is 21.4 Å². The molecule has 0 unspecified atom stereocenters. The molecule has 0 aromatic heterocycles. The van der Waals surface area contributed by atoms with E-state index >= 15 is 0 Å². The van der Waals surface area contributed by atoms with Crippen LogP contribution in [0.5, 0.6) is 5.75 Å². The number of benzene rings is 1. The van der Waals surface area contributed by atoms with Gasteiger partial charge in [-0.05, 0) is 49.9 Å². The fourth-order valence-corrected chi connectivity index (χ4v) is 2.58. The minimum absolute atomic E-state index is 0.0749. The molecule has 0 saturated heterocycles. The van der Waals surface area contributed by atoms with Gasteiger partial charge >= 0.3 is 5.97 Å². The van der Waals surface area contributed by atoms with E-state index in [2.05, 4.69) is 5.32 Å². The molecule has 21 heavy (non-hydrogen) atoms. The molecule has 0 spiro atoms. The Morgan fingerprint density at radius 3 is 2.81 bits per heavy atom. The van der Waals surface area contributed by atoms with Gasteiger partial charge in [-0.15, -0.1) is 0 Å². The fourth-order valence-electron chi connectivity index (χ4n) is 2.46. The lowest BCUT2D eigenvalue weighted by molar-refractivity contribution is -0.141. The summed E-state index contributed by atoms with van der Waals surface area (Å²) in [6, 6.07) is 5.12. The van der Waals surface area contributed by atoms with Gasteiger partial charge in [-0.2, -0.15) is 0 Å². The number of hydrogen-bond acceptors (Lipinski definition) is 3. The van der Waals surface area contributed by atoms with Crippen molar-refractivity contribution in [3.05, 3.63) is 28.8 Å². The molecule has 2 rings (SSSR count). The van der Waals surface area contributed by atoms with Gasteiger partial charge in [0.2, 0.25) is 0 Å². The Morgan fingerprint density at radius 1 is 1.43 bits per heavy atom. The standard InChI is InChI=1S/C15H18ClNO4/c1-9-6-12(4-5-13(9)16)21-8-14(18)17-11-3-2-10(7-11)15(19)20/h4-6,10-11H,2-3,7-8H2,1H3,(H,17,18)(H,19,20)/t10-,11+/m1/s1. The molecule has 0 bridgehead atoms. The Kier molecular flexibility index (Phi) is 5.07. The van der Waals surface area contributed by atoms with Crippen LogP contribution in [0, 0.1) is 12.8 Å². The molecule has 2 atom stereocenters. The van der Waals surface area contributed by atoms with Crippen LogP contribution in [-0.4, -0.2) is 29.6 Å². The van der Waals surface area contributed by atoms with Crippen molar-refractivity contribution in [2.24, 2.45) is 5.92 Å².